The molecule has 2 aliphatic rings. The van der Waals surface area contributed by atoms with E-state index < -0.39 is 0 Å². The fourth-order valence-corrected chi connectivity index (χ4v) is 5.04. The number of piperazine rings is 1. The van der Waals surface area contributed by atoms with Gasteiger partial charge in [-0.25, -0.2) is 4.79 Å². The number of aromatic nitrogens is 3. The second-order valence-electron chi connectivity index (χ2n) is 22.1. The molecule has 7 nitrogen and oxygen atoms in total. The van der Waals surface area contributed by atoms with Crippen LogP contribution >= 0.6 is 0 Å². The van der Waals surface area contributed by atoms with Gasteiger partial charge >= 0.3 is 5.69 Å². The monoisotopic (exact) mass is 941 g/mol. The molecule has 0 N–H and O–H groups in total. The highest BCUT2D eigenvalue weighted by molar-refractivity contribution is 5.04. The van der Waals surface area contributed by atoms with Crippen LogP contribution in [-0.4, -0.2) is 86.6 Å². The van der Waals surface area contributed by atoms with Gasteiger partial charge in [-0.15, -0.1) is 0 Å². The Labute approximate surface area is 421 Å². The maximum absolute atomic E-state index is 11.4. The van der Waals surface area contributed by atoms with Crippen LogP contribution in [0.3, 0.4) is 0 Å². The van der Waals surface area contributed by atoms with Gasteiger partial charge in [0, 0.05) is 68.9 Å². The van der Waals surface area contributed by atoms with Crippen LogP contribution in [0.4, 0.5) is 0 Å². The molecule has 2 aliphatic heterocycles. The fraction of sp³-hybridized carbons (Fsp3) is 0.750. The average Bonchev–Trinajstić information content (AvgIpc) is 3.22. The normalized spacial score (nSPS) is 13.4. The number of hydrogen-bond donors (Lipinski definition) is 0. The number of rotatable bonds is 5. The predicted octanol–water partition coefficient (Wildman–Crippen LogP) is 17.0. The molecule has 0 unspecified atom stereocenters. The van der Waals surface area contributed by atoms with Gasteiger partial charge in [0.2, 0.25) is 0 Å². The Hall–Kier alpha value is -2.87. The molecule has 5 rings (SSSR count). The molecule has 7 heteroatoms. The molecule has 0 aliphatic carbocycles. The van der Waals surface area contributed by atoms with Gasteiger partial charge in [-0.05, 0) is 135 Å². The Balaban J connectivity index is -0.000000160. The molecular formula is C60H120N6O. The largest absolute Gasteiger partial charge is 0.348 e. The van der Waals surface area contributed by atoms with Crippen molar-refractivity contribution < 1.29 is 0 Å². The van der Waals surface area contributed by atoms with Crippen LogP contribution < -0.4 is 5.69 Å². The first-order chi connectivity index (χ1) is 30.6. The van der Waals surface area contributed by atoms with Crippen LogP contribution in [0.15, 0.2) is 84.0 Å². The summed E-state index contributed by atoms with van der Waals surface area (Å²) in [7, 11) is 0. The number of benzene rings is 1. The van der Waals surface area contributed by atoms with E-state index in [1.807, 2.05) is 94.6 Å². The van der Waals surface area contributed by atoms with Crippen LogP contribution in [-0.2, 0) is 0 Å². The van der Waals surface area contributed by atoms with E-state index in [0.717, 1.165) is 53.4 Å². The van der Waals surface area contributed by atoms with Gasteiger partial charge in [0.05, 0.1) is 5.69 Å². The molecule has 4 heterocycles. The molecule has 2 saturated heterocycles. The van der Waals surface area contributed by atoms with E-state index >= 15 is 0 Å². The van der Waals surface area contributed by atoms with Gasteiger partial charge in [-0.1, -0.05) is 174 Å². The highest BCUT2D eigenvalue weighted by atomic mass is 16.1. The van der Waals surface area contributed by atoms with E-state index in [1.54, 1.807) is 17.0 Å². The predicted molar refractivity (Wildman–Crippen MR) is 307 cm³/mol. The van der Waals surface area contributed by atoms with Crippen molar-refractivity contribution in [3.05, 3.63) is 95.4 Å². The van der Waals surface area contributed by atoms with E-state index in [2.05, 4.69) is 170 Å². The van der Waals surface area contributed by atoms with Crippen molar-refractivity contribution in [2.45, 2.75) is 230 Å². The average molecular weight is 942 g/mol. The maximum Gasteiger partial charge on any atom is 0.348 e. The van der Waals surface area contributed by atoms with Crippen LogP contribution in [0.5, 0.6) is 0 Å². The fourth-order valence-electron chi connectivity index (χ4n) is 5.04. The van der Waals surface area contributed by atoms with Gasteiger partial charge in [0.1, 0.15) is 0 Å². The van der Waals surface area contributed by atoms with E-state index in [9.17, 15) is 4.79 Å². The Morgan fingerprint density at radius 3 is 0.836 bits per heavy atom. The lowest BCUT2D eigenvalue weighted by Gasteiger charge is -2.38. The molecule has 3 aromatic rings. The minimum Gasteiger partial charge on any atom is -0.301 e. The summed E-state index contributed by atoms with van der Waals surface area (Å²) in [4.78, 5) is 26.9. The number of pyridine rings is 1. The third-order valence-corrected chi connectivity index (χ3v) is 8.16. The Morgan fingerprint density at radius 2 is 0.657 bits per heavy atom. The minimum atomic E-state index is -0.152. The highest BCUT2D eigenvalue weighted by Crippen LogP contribution is 2.11. The van der Waals surface area contributed by atoms with Crippen molar-refractivity contribution >= 4 is 0 Å². The Morgan fingerprint density at radius 1 is 0.388 bits per heavy atom. The van der Waals surface area contributed by atoms with Crippen molar-refractivity contribution in [3.8, 4) is 0 Å². The first-order valence-corrected chi connectivity index (χ1v) is 26.3. The van der Waals surface area contributed by atoms with E-state index in [-0.39, 0.29) is 19.2 Å². The molecule has 67 heavy (non-hydrogen) atoms. The van der Waals surface area contributed by atoms with Gasteiger partial charge in [0.25, 0.3) is 0 Å². The second-order valence-corrected chi connectivity index (χ2v) is 22.1. The zero-order valence-corrected chi connectivity index (χ0v) is 48.7. The quantitative estimate of drug-likeness (QED) is 0.254. The van der Waals surface area contributed by atoms with E-state index in [1.165, 1.54) is 58.5 Å². The zero-order valence-electron chi connectivity index (χ0n) is 48.7. The molecular weight excluding hydrogens is 821 g/mol. The highest BCUT2D eigenvalue weighted by Gasteiger charge is 2.19. The Kier molecular flexibility index (Phi) is 57.6. The zero-order chi connectivity index (χ0) is 52.2. The molecule has 1 aromatic carbocycles. The number of likely N-dealkylation sites (tertiary alicyclic amines) is 1. The smallest absolute Gasteiger partial charge is 0.301 e. The van der Waals surface area contributed by atoms with E-state index in [0.29, 0.717) is 5.92 Å². The third kappa shape index (κ3) is 65.2. The van der Waals surface area contributed by atoms with Gasteiger partial charge in [-0.3, -0.25) is 19.4 Å². The van der Waals surface area contributed by atoms with Gasteiger partial charge < -0.3 is 4.90 Å². The summed E-state index contributed by atoms with van der Waals surface area (Å²) in [5.74, 6) is 4.48. The third-order valence-electron chi connectivity index (χ3n) is 8.16. The summed E-state index contributed by atoms with van der Waals surface area (Å²) >= 11 is 0. The summed E-state index contributed by atoms with van der Waals surface area (Å²) in [5.41, 5.74) is 0.711. The second kappa shape index (κ2) is 51.0. The van der Waals surface area contributed by atoms with Crippen molar-refractivity contribution in [1.82, 2.24) is 29.2 Å². The van der Waals surface area contributed by atoms with Crippen molar-refractivity contribution in [3.63, 3.8) is 0 Å². The summed E-state index contributed by atoms with van der Waals surface area (Å²) in [6, 6.07) is 22.0. The molecule has 0 bridgehead atoms. The summed E-state index contributed by atoms with van der Waals surface area (Å²) in [6.45, 7) is 61.8. The minimum absolute atomic E-state index is 0. The van der Waals surface area contributed by atoms with Crippen LogP contribution in [0.2, 0.25) is 0 Å². The summed E-state index contributed by atoms with van der Waals surface area (Å²) in [5, 5.41) is 0. The van der Waals surface area contributed by atoms with Crippen LogP contribution in [0, 0.1) is 29.6 Å². The van der Waals surface area contributed by atoms with Gasteiger partial charge in [0.15, 0.2) is 0 Å². The van der Waals surface area contributed by atoms with Crippen LogP contribution in [0.1, 0.15) is 217 Å². The molecule has 2 fully saturated rings. The number of piperidine rings is 1. The first kappa shape index (κ1) is 75.6. The maximum atomic E-state index is 11.4. The number of nitrogens with zero attached hydrogens (tertiary/aromatic N) is 6. The standard InChI is InChI=1S/C10H16N2O.C10H22N2.C8H17N.C6H6.C5H5N.5C4H10.CH4/c1-7(2)9-5-6-12(8(3)4)10(13)11-9;1-9(2)11-5-7-12(8-6-11)10(3)4;1-8(2)9-6-4-3-5-7-9;2*1-2-4-6-5-3-1;5*1-4(2)3;/h5-8H,1-4H3;9-10H,5-8H2,1-4H3;8H,3-7H2,1-2H3;1-6H;1-5H;5*4H,1-3H3;1H4. The summed E-state index contributed by atoms with van der Waals surface area (Å²) < 4.78 is 1.63. The Bertz CT molecular complexity index is 1240. The molecule has 0 saturated carbocycles. The molecule has 0 spiro atoms. The van der Waals surface area contributed by atoms with Crippen molar-refractivity contribution in [1.29, 1.82) is 0 Å². The molecule has 2 aromatic heterocycles. The number of hydrogen-bond acceptors (Lipinski definition) is 6. The van der Waals surface area contributed by atoms with Crippen LogP contribution in [0.25, 0.3) is 0 Å². The van der Waals surface area contributed by atoms with Crippen molar-refractivity contribution in [2.75, 3.05) is 39.3 Å². The summed E-state index contributed by atoms with van der Waals surface area (Å²) in [6.07, 6.45) is 9.59. The lowest BCUT2D eigenvalue weighted by molar-refractivity contribution is 0.0887. The molecule has 0 radical (unpaired) electrons. The SMILES string of the molecule is C.CC(C)C.CC(C)C.CC(C)C.CC(C)C.CC(C)C.CC(C)N1CCCCC1.CC(C)N1CCN(C(C)C)CC1.CC(C)c1ccn(C(C)C)c(=O)n1.c1ccccc1.c1ccncc1. The topological polar surface area (TPSA) is 57.5 Å². The molecule has 396 valence electrons. The first-order valence-electron chi connectivity index (χ1n) is 26.3. The molecule has 0 atom stereocenters. The molecule has 0 amide bonds. The van der Waals surface area contributed by atoms with Gasteiger partial charge in [-0.2, -0.15) is 4.98 Å². The lowest BCUT2D eigenvalue weighted by atomic mass is 10.1. The lowest BCUT2D eigenvalue weighted by Crippen LogP contribution is -2.50. The van der Waals surface area contributed by atoms with Crippen molar-refractivity contribution in [2.24, 2.45) is 29.6 Å². The van der Waals surface area contributed by atoms with E-state index in [4.69, 9.17) is 0 Å².